The molecule has 1 heterocycles. The molecule has 0 fully saturated rings. The summed E-state index contributed by atoms with van der Waals surface area (Å²) < 4.78 is 5.52. The topological polar surface area (TPSA) is 62.6 Å². The van der Waals surface area contributed by atoms with Gasteiger partial charge in [0.2, 0.25) is 11.7 Å². The van der Waals surface area contributed by atoms with Crippen molar-refractivity contribution in [3.8, 4) is 0 Å². The number of nitrogens with zero attached hydrogens (tertiary/aromatic N) is 1. The van der Waals surface area contributed by atoms with Crippen molar-refractivity contribution in [3.05, 3.63) is 36.1 Å². The van der Waals surface area contributed by atoms with Crippen LogP contribution in [0, 0.1) is 0 Å². The quantitative estimate of drug-likeness (QED) is 0.827. The van der Waals surface area contributed by atoms with Crippen molar-refractivity contribution in [2.75, 3.05) is 20.1 Å². The second-order valence-corrected chi connectivity index (χ2v) is 5.47. The Bertz CT molecular complexity index is 613. The van der Waals surface area contributed by atoms with Crippen molar-refractivity contribution in [1.82, 2.24) is 10.2 Å². The van der Waals surface area contributed by atoms with Crippen LogP contribution in [0.15, 0.2) is 34.7 Å². The first-order valence-corrected chi connectivity index (χ1v) is 6.95. The summed E-state index contributed by atoms with van der Waals surface area (Å²) in [6, 6.07) is 9.31. The smallest absolute Gasteiger partial charge is 0.234 e. The molecule has 5 nitrogen and oxygen atoms in total. The molecule has 0 saturated carbocycles. The van der Waals surface area contributed by atoms with Crippen LogP contribution in [0.5, 0.6) is 0 Å². The number of para-hydroxylation sites is 1. The number of likely N-dealkylation sites (N-methyl/N-ethyl adjacent to an activating group) is 1. The summed E-state index contributed by atoms with van der Waals surface area (Å²) in [6.07, 6.45) is 0. The number of hydrogen-bond donors (Lipinski definition) is 1. The predicted molar refractivity (Wildman–Crippen MR) is 81.3 cm³/mol. The van der Waals surface area contributed by atoms with E-state index in [0.717, 1.165) is 5.39 Å². The Hall–Kier alpha value is -2.14. The fraction of sp³-hybridized carbons (Fsp3) is 0.375. The minimum absolute atomic E-state index is 0.0927. The normalized spacial score (nSPS) is 11.3. The van der Waals surface area contributed by atoms with E-state index in [4.69, 9.17) is 4.42 Å². The molecule has 2 rings (SSSR count). The van der Waals surface area contributed by atoms with Crippen LogP contribution < -0.4 is 5.32 Å². The highest BCUT2D eigenvalue weighted by Gasteiger charge is 2.16. The van der Waals surface area contributed by atoms with Crippen molar-refractivity contribution in [2.45, 2.75) is 19.9 Å². The summed E-state index contributed by atoms with van der Waals surface area (Å²) in [5, 5.41) is 3.70. The van der Waals surface area contributed by atoms with Crippen LogP contribution in [-0.2, 0) is 4.79 Å². The Morgan fingerprint density at radius 2 is 1.95 bits per heavy atom. The molecule has 112 valence electrons. The number of Topliss-reactive ketones (excluding diaryl/α,β-unsaturated/α-hetero) is 1. The fourth-order valence-corrected chi connectivity index (χ4v) is 2.11. The van der Waals surface area contributed by atoms with E-state index in [2.05, 4.69) is 5.32 Å². The highest BCUT2D eigenvalue weighted by molar-refractivity contribution is 5.99. The van der Waals surface area contributed by atoms with Crippen molar-refractivity contribution >= 4 is 22.7 Å². The number of carbonyl (C=O) groups is 2. The van der Waals surface area contributed by atoms with Gasteiger partial charge in [-0.2, -0.15) is 0 Å². The first kappa shape index (κ1) is 15.3. The largest absolute Gasteiger partial charge is 0.453 e. The molecule has 2 aromatic rings. The van der Waals surface area contributed by atoms with Gasteiger partial charge in [0.1, 0.15) is 5.58 Å². The number of carbonyl (C=O) groups excluding carboxylic acids is 2. The van der Waals surface area contributed by atoms with Gasteiger partial charge < -0.3 is 9.73 Å². The van der Waals surface area contributed by atoms with Gasteiger partial charge in [-0.15, -0.1) is 0 Å². The summed E-state index contributed by atoms with van der Waals surface area (Å²) >= 11 is 0. The third kappa shape index (κ3) is 4.16. The van der Waals surface area contributed by atoms with Crippen LogP contribution in [0.25, 0.3) is 11.0 Å². The van der Waals surface area contributed by atoms with Gasteiger partial charge in [-0.1, -0.05) is 18.2 Å². The Morgan fingerprint density at radius 1 is 1.24 bits per heavy atom. The SMILES string of the molecule is CC(C)NC(=O)CN(C)CC(=O)c1cc2ccccc2o1. The zero-order valence-corrected chi connectivity index (χ0v) is 12.6. The van der Waals surface area contributed by atoms with Crippen molar-refractivity contribution < 1.29 is 14.0 Å². The van der Waals surface area contributed by atoms with Crippen LogP contribution in [0.2, 0.25) is 0 Å². The standard InChI is InChI=1S/C16H20N2O3/c1-11(2)17-16(20)10-18(3)9-13(19)15-8-12-6-4-5-7-14(12)21-15/h4-8,11H,9-10H2,1-3H3,(H,17,20). The van der Waals surface area contributed by atoms with E-state index in [0.29, 0.717) is 11.3 Å². The summed E-state index contributed by atoms with van der Waals surface area (Å²) in [4.78, 5) is 25.5. The number of benzene rings is 1. The summed E-state index contributed by atoms with van der Waals surface area (Å²) in [7, 11) is 1.74. The number of nitrogens with one attached hydrogen (secondary N) is 1. The number of ketones is 1. The molecule has 1 aromatic heterocycles. The molecule has 0 saturated heterocycles. The first-order valence-electron chi connectivity index (χ1n) is 6.95. The van der Waals surface area contributed by atoms with Gasteiger partial charge in [-0.25, -0.2) is 0 Å². The molecular formula is C16H20N2O3. The molecule has 1 amide bonds. The lowest BCUT2D eigenvalue weighted by Gasteiger charge is -2.16. The Kier molecular flexibility index (Phi) is 4.75. The van der Waals surface area contributed by atoms with E-state index in [1.54, 1.807) is 18.0 Å². The Morgan fingerprint density at radius 3 is 2.62 bits per heavy atom. The van der Waals surface area contributed by atoms with Gasteiger partial charge in [0, 0.05) is 11.4 Å². The van der Waals surface area contributed by atoms with E-state index in [-0.39, 0.29) is 30.8 Å². The monoisotopic (exact) mass is 288 g/mol. The highest BCUT2D eigenvalue weighted by Crippen LogP contribution is 2.19. The molecular weight excluding hydrogens is 268 g/mol. The zero-order chi connectivity index (χ0) is 15.4. The maximum Gasteiger partial charge on any atom is 0.234 e. The average molecular weight is 288 g/mol. The third-order valence-electron chi connectivity index (χ3n) is 2.98. The van der Waals surface area contributed by atoms with Crippen LogP contribution in [0.4, 0.5) is 0 Å². The minimum Gasteiger partial charge on any atom is -0.453 e. The van der Waals surface area contributed by atoms with E-state index in [1.165, 1.54) is 0 Å². The summed E-state index contributed by atoms with van der Waals surface area (Å²) in [6.45, 7) is 4.13. The van der Waals surface area contributed by atoms with Gasteiger partial charge in [0.05, 0.1) is 13.1 Å². The molecule has 21 heavy (non-hydrogen) atoms. The van der Waals surface area contributed by atoms with E-state index in [1.807, 2.05) is 38.1 Å². The van der Waals surface area contributed by atoms with E-state index >= 15 is 0 Å². The Labute approximate surface area is 123 Å². The molecule has 0 unspecified atom stereocenters. The lowest BCUT2D eigenvalue weighted by molar-refractivity contribution is -0.122. The minimum atomic E-state index is -0.133. The third-order valence-corrected chi connectivity index (χ3v) is 2.98. The molecule has 0 radical (unpaired) electrons. The summed E-state index contributed by atoms with van der Waals surface area (Å²) in [5.74, 6) is 0.100. The number of rotatable bonds is 6. The van der Waals surface area contributed by atoms with Crippen LogP contribution in [0.3, 0.4) is 0 Å². The van der Waals surface area contributed by atoms with Gasteiger partial charge >= 0.3 is 0 Å². The maximum absolute atomic E-state index is 12.2. The van der Waals surface area contributed by atoms with Crippen molar-refractivity contribution in [1.29, 1.82) is 0 Å². The second kappa shape index (κ2) is 6.54. The zero-order valence-electron chi connectivity index (χ0n) is 12.6. The van der Waals surface area contributed by atoms with Gasteiger partial charge in [0.25, 0.3) is 0 Å². The van der Waals surface area contributed by atoms with Gasteiger partial charge in [0.15, 0.2) is 5.76 Å². The van der Waals surface area contributed by atoms with Crippen LogP contribution in [0.1, 0.15) is 24.4 Å². The van der Waals surface area contributed by atoms with Gasteiger partial charge in [-0.05, 0) is 33.0 Å². The average Bonchev–Trinajstić information content (AvgIpc) is 2.80. The van der Waals surface area contributed by atoms with Crippen LogP contribution >= 0.6 is 0 Å². The lowest BCUT2D eigenvalue weighted by atomic mass is 10.2. The van der Waals surface area contributed by atoms with Gasteiger partial charge in [-0.3, -0.25) is 14.5 Å². The molecule has 0 aliphatic heterocycles. The predicted octanol–water partition coefficient (Wildman–Crippen LogP) is 2.07. The summed E-state index contributed by atoms with van der Waals surface area (Å²) in [5.41, 5.74) is 0.695. The molecule has 0 aliphatic carbocycles. The molecule has 0 aliphatic rings. The Balaban J connectivity index is 1.95. The number of hydrogen-bond acceptors (Lipinski definition) is 4. The molecule has 0 bridgehead atoms. The molecule has 5 heteroatoms. The molecule has 1 aromatic carbocycles. The lowest BCUT2D eigenvalue weighted by Crippen LogP contribution is -2.40. The first-order chi connectivity index (χ1) is 9.95. The van der Waals surface area contributed by atoms with Crippen LogP contribution in [-0.4, -0.2) is 42.8 Å². The maximum atomic E-state index is 12.2. The van der Waals surface area contributed by atoms with Crippen molar-refractivity contribution in [3.63, 3.8) is 0 Å². The number of amides is 1. The molecule has 0 atom stereocenters. The molecule has 0 spiro atoms. The fourth-order valence-electron chi connectivity index (χ4n) is 2.11. The second-order valence-electron chi connectivity index (χ2n) is 5.47. The van der Waals surface area contributed by atoms with Crippen molar-refractivity contribution in [2.24, 2.45) is 0 Å². The number of fused-ring (bicyclic) bond motifs is 1. The number of furan rings is 1. The highest BCUT2D eigenvalue weighted by atomic mass is 16.3. The molecule has 1 N–H and O–H groups in total. The van der Waals surface area contributed by atoms with E-state index in [9.17, 15) is 9.59 Å². The van der Waals surface area contributed by atoms with E-state index < -0.39 is 0 Å².